The summed E-state index contributed by atoms with van der Waals surface area (Å²) in [6.45, 7) is 14.0. The third-order valence-electron chi connectivity index (χ3n) is 4.45. The van der Waals surface area contributed by atoms with Crippen LogP contribution in [0.25, 0.3) is 0 Å². The van der Waals surface area contributed by atoms with Gasteiger partial charge in [0.1, 0.15) is 0 Å². The van der Waals surface area contributed by atoms with Crippen LogP contribution in [-0.4, -0.2) is 58.0 Å². The molecular formula is C20H37N5O2S. The highest BCUT2D eigenvalue weighted by Crippen LogP contribution is 2.12. The highest BCUT2D eigenvalue weighted by atomic mass is 32.2. The van der Waals surface area contributed by atoms with E-state index in [0.29, 0.717) is 18.6 Å². The summed E-state index contributed by atoms with van der Waals surface area (Å²) in [5, 5.41) is 6.60. The summed E-state index contributed by atoms with van der Waals surface area (Å²) in [5.41, 5.74) is 0.847. The Morgan fingerprint density at radius 3 is 2.39 bits per heavy atom. The number of benzene rings is 1. The molecule has 0 heterocycles. The summed E-state index contributed by atoms with van der Waals surface area (Å²) >= 11 is 0. The quantitative estimate of drug-likeness (QED) is 0.295. The van der Waals surface area contributed by atoms with E-state index < -0.39 is 10.0 Å². The lowest BCUT2D eigenvalue weighted by Gasteiger charge is -2.30. The second-order valence-corrected chi connectivity index (χ2v) is 9.14. The van der Waals surface area contributed by atoms with Crippen LogP contribution in [0.1, 0.15) is 46.6 Å². The van der Waals surface area contributed by atoms with E-state index in [-0.39, 0.29) is 4.90 Å². The number of sulfonamides is 1. The molecule has 0 aromatic heterocycles. The third kappa shape index (κ3) is 8.16. The molecule has 0 spiro atoms. The molecule has 0 saturated carbocycles. The van der Waals surface area contributed by atoms with Crippen molar-refractivity contribution in [1.29, 1.82) is 0 Å². The molecule has 160 valence electrons. The number of guanidine groups is 1. The zero-order valence-corrected chi connectivity index (χ0v) is 18.9. The minimum atomic E-state index is -3.44. The summed E-state index contributed by atoms with van der Waals surface area (Å²) in [6.07, 6.45) is 1.02. The van der Waals surface area contributed by atoms with Crippen molar-refractivity contribution >= 4 is 16.0 Å². The van der Waals surface area contributed by atoms with Gasteiger partial charge >= 0.3 is 0 Å². The Bertz CT molecular complexity index is 709. The number of aliphatic imine (C=N–C) groups is 1. The van der Waals surface area contributed by atoms with Crippen molar-refractivity contribution in [2.45, 2.75) is 64.6 Å². The van der Waals surface area contributed by atoms with Crippen LogP contribution in [0, 0.1) is 0 Å². The fourth-order valence-corrected chi connectivity index (χ4v) is 3.82. The number of hydrogen-bond donors (Lipinski definition) is 3. The van der Waals surface area contributed by atoms with Crippen molar-refractivity contribution in [2.24, 2.45) is 4.99 Å². The monoisotopic (exact) mass is 411 g/mol. The first-order valence-corrected chi connectivity index (χ1v) is 11.5. The first-order valence-electron chi connectivity index (χ1n) is 10.0. The predicted octanol–water partition coefficient (Wildman–Crippen LogP) is 2.16. The molecule has 0 atom stereocenters. The summed E-state index contributed by atoms with van der Waals surface area (Å²) in [6, 6.07) is 7.91. The Morgan fingerprint density at radius 1 is 1.14 bits per heavy atom. The molecule has 28 heavy (non-hydrogen) atoms. The second-order valence-electron chi connectivity index (χ2n) is 7.26. The van der Waals surface area contributed by atoms with E-state index in [0.717, 1.165) is 37.6 Å². The third-order valence-corrected chi connectivity index (χ3v) is 5.87. The van der Waals surface area contributed by atoms with Crippen LogP contribution in [0.4, 0.5) is 0 Å². The zero-order valence-electron chi connectivity index (χ0n) is 18.1. The number of hydrogen-bond acceptors (Lipinski definition) is 4. The number of rotatable bonds is 11. The highest BCUT2D eigenvalue weighted by Gasteiger charge is 2.13. The van der Waals surface area contributed by atoms with E-state index in [2.05, 4.69) is 52.9 Å². The van der Waals surface area contributed by atoms with Crippen molar-refractivity contribution in [3.05, 3.63) is 29.8 Å². The maximum absolute atomic E-state index is 11.9. The van der Waals surface area contributed by atoms with Crippen molar-refractivity contribution in [1.82, 2.24) is 20.3 Å². The van der Waals surface area contributed by atoms with Crippen molar-refractivity contribution < 1.29 is 8.42 Å². The van der Waals surface area contributed by atoms with E-state index in [9.17, 15) is 8.42 Å². The molecule has 1 rings (SSSR count). The lowest BCUT2D eigenvalue weighted by Crippen LogP contribution is -2.41. The summed E-state index contributed by atoms with van der Waals surface area (Å²) in [4.78, 5) is 7.31. The van der Waals surface area contributed by atoms with Gasteiger partial charge in [-0.1, -0.05) is 12.1 Å². The maximum Gasteiger partial charge on any atom is 0.240 e. The van der Waals surface area contributed by atoms with E-state index in [1.807, 2.05) is 13.0 Å². The standard InChI is InChI=1S/C20H37N5O2S/c1-7-22-20(23-12-9-13-25(16(2)3)17(4)5)24-15-18-10-8-11-19(14-18)28(26,27)21-6/h8,10-11,14,16-17,21H,7,9,12-13,15H2,1-6H3,(H2,22,23,24). The van der Waals surface area contributed by atoms with Crippen LogP contribution in [-0.2, 0) is 16.6 Å². The first-order chi connectivity index (χ1) is 13.2. The lowest BCUT2D eigenvalue weighted by atomic mass is 10.2. The fraction of sp³-hybridized carbons (Fsp3) is 0.650. The average Bonchev–Trinajstić information content (AvgIpc) is 2.65. The van der Waals surface area contributed by atoms with E-state index >= 15 is 0 Å². The van der Waals surface area contributed by atoms with Crippen molar-refractivity contribution in [3.8, 4) is 0 Å². The molecule has 0 fully saturated rings. The van der Waals surface area contributed by atoms with Crippen LogP contribution in [0.15, 0.2) is 34.2 Å². The van der Waals surface area contributed by atoms with Gasteiger partial charge in [-0.25, -0.2) is 18.1 Å². The van der Waals surface area contributed by atoms with Gasteiger partial charge in [-0.05, 0) is 65.8 Å². The van der Waals surface area contributed by atoms with Gasteiger partial charge in [0.2, 0.25) is 10.0 Å². The molecule has 0 aliphatic rings. The van der Waals surface area contributed by atoms with Crippen molar-refractivity contribution in [2.75, 3.05) is 26.7 Å². The number of nitrogens with zero attached hydrogens (tertiary/aromatic N) is 2. The summed E-state index contributed by atoms with van der Waals surface area (Å²) < 4.78 is 26.2. The van der Waals surface area contributed by atoms with Gasteiger partial charge in [0.15, 0.2) is 5.96 Å². The minimum absolute atomic E-state index is 0.253. The average molecular weight is 412 g/mol. The number of nitrogens with one attached hydrogen (secondary N) is 3. The Labute approximate surface area is 171 Å². The molecule has 0 aliphatic carbocycles. The molecule has 0 bridgehead atoms. The van der Waals surface area contributed by atoms with Crippen LogP contribution < -0.4 is 15.4 Å². The SMILES string of the molecule is CCNC(=NCc1cccc(S(=O)(=O)NC)c1)NCCCN(C(C)C)C(C)C. The largest absolute Gasteiger partial charge is 0.357 e. The smallest absolute Gasteiger partial charge is 0.240 e. The molecule has 0 aliphatic heterocycles. The van der Waals surface area contributed by atoms with E-state index in [4.69, 9.17) is 0 Å². The van der Waals surface area contributed by atoms with Gasteiger partial charge < -0.3 is 10.6 Å². The molecule has 8 heteroatoms. The van der Waals surface area contributed by atoms with Crippen molar-refractivity contribution in [3.63, 3.8) is 0 Å². The zero-order chi connectivity index (χ0) is 21.2. The molecule has 1 aromatic carbocycles. The Hall–Kier alpha value is -1.64. The van der Waals surface area contributed by atoms with Gasteiger partial charge in [0.05, 0.1) is 11.4 Å². The van der Waals surface area contributed by atoms with Gasteiger partial charge in [-0.3, -0.25) is 4.90 Å². The molecule has 0 radical (unpaired) electrons. The molecule has 0 saturated heterocycles. The lowest BCUT2D eigenvalue weighted by molar-refractivity contribution is 0.173. The molecule has 1 aromatic rings. The van der Waals surface area contributed by atoms with Gasteiger partial charge in [0.25, 0.3) is 0 Å². The Balaban J connectivity index is 2.66. The van der Waals surface area contributed by atoms with E-state index in [1.54, 1.807) is 18.2 Å². The molecule has 7 nitrogen and oxygen atoms in total. The Kier molecular flexibility index (Phi) is 10.5. The van der Waals surface area contributed by atoms with Crippen LogP contribution in [0.5, 0.6) is 0 Å². The van der Waals surface area contributed by atoms with Crippen LogP contribution in [0.2, 0.25) is 0 Å². The molecule has 3 N–H and O–H groups in total. The highest BCUT2D eigenvalue weighted by molar-refractivity contribution is 7.89. The second kappa shape index (κ2) is 12.0. The summed E-state index contributed by atoms with van der Waals surface area (Å²) in [5.74, 6) is 0.741. The topological polar surface area (TPSA) is 85.8 Å². The molecular weight excluding hydrogens is 374 g/mol. The van der Waals surface area contributed by atoms with Crippen LogP contribution >= 0.6 is 0 Å². The Morgan fingerprint density at radius 2 is 1.82 bits per heavy atom. The molecule has 0 amide bonds. The van der Waals surface area contributed by atoms with E-state index in [1.165, 1.54) is 7.05 Å². The predicted molar refractivity (Wildman–Crippen MR) is 117 cm³/mol. The normalized spacial score (nSPS) is 12.8. The minimum Gasteiger partial charge on any atom is -0.357 e. The molecule has 0 unspecified atom stereocenters. The van der Waals surface area contributed by atoms with Gasteiger partial charge in [0, 0.05) is 31.7 Å². The van der Waals surface area contributed by atoms with Gasteiger partial charge in [-0.15, -0.1) is 0 Å². The fourth-order valence-electron chi connectivity index (χ4n) is 3.02. The summed E-state index contributed by atoms with van der Waals surface area (Å²) in [7, 11) is -2.03. The first kappa shape index (κ1) is 24.4. The van der Waals surface area contributed by atoms with Crippen LogP contribution in [0.3, 0.4) is 0 Å². The maximum atomic E-state index is 11.9. The van der Waals surface area contributed by atoms with Gasteiger partial charge in [-0.2, -0.15) is 0 Å².